The van der Waals surface area contributed by atoms with Crippen LogP contribution in [0.25, 0.3) is 0 Å². The Labute approximate surface area is 131 Å². The number of rotatable bonds is 3. The maximum absolute atomic E-state index is 11.2. The van der Waals surface area contributed by atoms with Gasteiger partial charge in [0.25, 0.3) is 0 Å². The average molecular weight is 312 g/mol. The van der Waals surface area contributed by atoms with Crippen LogP contribution >= 0.6 is 0 Å². The van der Waals surface area contributed by atoms with Gasteiger partial charge in [0.05, 0.1) is 38.6 Å². The van der Waals surface area contributed by atoms with Crippen molar-refractivity contribution in [1.82, 2.24) is 0 Å². The van der Waals surface area contributed by atoms with Crippen LogP contribution in [-0.4, -0.2) is 49.6 Å². The molecule has 0 aromatic heterocycles. The number of hydrogen-bond acceptors (Lipinski definition) is 6. The van der Waals surface area contributed by atoms with Gasteiger partial charge in [0.2, 0.25) is 0 Å². The Morgan fingerprint density at radius 1 is 0.909 bits per heavy atom. The molecule has 1 aromatic rings. The molecule has 0 heterocycles. The van der Waals surface area contributed by atoms with Gasteiger partial charge in [-0.3, -0.25) is 0 Å². The van der Waals surface area contributed by atoms with Gasteiger partial charge in [-0.25, -0.2) is 9.59 Å². The molecule has 0 spiro atoms. The van der Waals surface area contributed by atoms with Gasteiger partial charge in [0, 0.05) is 0 Å². The first-order valence-electron chi connectivity index (χ1n) is 6.58. The van der Waals surface area contributed by atoms with E-state index in [0.717, 1.165) is 0 Å². The molecule has 124 valence electrons. The van der Waals surface area contributed by atoms with Gasteiger partial charge in [-0.05, 0) is 26.0 Å². The van der Waals surface area contributed by atoms with Crippen molar-refractivity contribution in [2.24, 2.45) is 0 Å². The quantitative estimate of drug-likeness (QED) is 0.653. The van der Waals surface area contributed by atoms with E-state index in [-0.39, 0.29) is 24.3 Å². The number of allylic oxidation sites excluding steroid dienone is 2. The predicted molar refractivity (Wildman–Crippen MR) is 83.8 cm³/mol. The molecule has 6 heteroatoms. The molecule has 0 aliphatic carbocycles. The smallest absolute Gasteiger partial charge is 0.338 e. The predicted octanol–water partition coefficient (Wildman–Crippen LogP) is 1.81. The summed E-state index contributed by atoms with van der Waals surface area (Å²) in [5, 5.41) is 15.2. The van der Waals surface area contributed by atoms with Crippen LogP contribution in [-0.2, 0) is 9.47 Å². The third-order valence-electron chi connectivity index (χ3n) is 2.17. The number of methoxy groups -OCH3 is 2. The van der Waals surface area contributed by atoms with E-state index in [2.05, 4.69) is 9.47 Å². The number of carbonyl (C=O) groups is 2. The topological polar surface area (TPSA) is 93.1 Å². The number of aliphatic hydroxyl groups is 2. The lowest BCUT2D eigenvalue weighted by molar-refractivity contribution is 0.0555. The SMILES string of the molecule is CC=CC.COC(=O)c1ccccc1C(=O)OC.OCCO. The molecule has 0 saturated carbocycles. The molecular formula is C16H24O6. The van der Waals surface area contributed by atoms with Crippen LogP contribution in [0, 0.1) is 0 Å². The molecular weight excluding hydrogens is 288 g/mol. The second kappa shape index (κ2) is 15.2. The van der Waals surface area contributed by atoms with Crippen LogP contribution in [0.1, 0.15) is 34.6 Å². The van der Waals surface area contributed by atoms with Crippen molar-refractivity contribution in [2.45, 2.75) is 13.8 Å². The zero-order valence-electron chi connectivity index (χ0n) is 13.4. The number of carbonyl (C=O) groups excluding carboxylic acids is 2. The molecule has 0 bridgehead atoms. The van der Waals surface area contributed by atoms with Gasteiger partial charge >= 0.3 is 11.9 Å². The van der Waals surface area contributed by atoms with Crippen molar-refractivity contribution in [3.63, 3.8) is 0 Å². The van der Waals surface area contributed by atoms with E-state index < -0.39 is 11.9 Å². The number of aliphatic hydroxyl groups excluding tert-OH is 2. The largest absolute Gasteiger partial charge is 0.465 e. The number of benzene rings is 1. The van der Waals surface area contributed by atoms with Crippen LogP contribution in [0.5, 0.6) is 0 Å². The van der Waals surface area contributed by atoms with E-state index >= 15 is 0 Å². The van der Waals surface area contributed by atoms with E-state index in [9.17, 15) is 9.59 Å². The summed E-state index contributed by atoms with van der Waals surface area (Å²) in [7, 11) is 2.52. The molecule has 22 heavy (non-hydrogen) atoms. The minimum Gasteiger partial charge on any atom is -0.465 e. The summed E-state index contributed by atoms with van der Waals surface area (Å²) in [6.45, 7) is 3.75. The van der Waals surface area contributed by atoms with Crippen molar-refractivity contribution in [3.8, 4) is 0 Å². The minimum atomic E-state index is -0.550. The maximum Gasteiger partial charge on any atom is 0.338 e. The summed E-state index contributed by atoms with van der Waals surface area (Å²) in [6.07, 6.45) is 4.00. The van der Waals surface area contributed by atoms with Crippen LogP contribution < -0.4 is 0 Å². The van der Waals surface area contributed by atoms with Gasteiger partial charge in [-0.2, -0.15) is 0 Å². The van der Waals surface area contributed by atoms with Gasteiger partial charge in [0.1, 0.15) is 0 Å². The number of hydrogen-bond donors (Lipinski definition) is 2. The third kappa shape index (κ3) is 9.68. The highest BCUT2D eigenvalue weighted by molar-refractivity contribution is 6.02. The van der Waals surface area contributed by atoms with Crippen molar-refractivity contribution in [3.05, 3.63) is 47.5 Å². The van der Waals surface area contributed by atoms with E-state index in [1.807, 2.05) is 26.0 Å². The summed E-state index contributed by atoms with van der Waals surface area (Å²) >= 11 is 0. The van der Waals surface area contributed by atoms with E-state index in [1.165, 1.54) is 26.4 Å². The molecule has 1 aromatic carbocycles. The Morgan fingerprint density at radius 2 is 1.23 bits per heavy atom. The van der Waals surface area contributed by atoms with E-state index in [4.69, 9.17) is 10.2 Å². The number of esters is 2. The molecule has 0 aliphatic heterocycles. The monoisotopic (exact) mass is 312 g/mol. The van der Waals surface area contributed by atoms with Crippen LogP contribution in [0.2, 0.25) is 0 Å². The highest BCUT2D eigenvalue weighted by Gasteiger charge is 2.16. The molecule has 6 nitrogen and oxygen atoms in total. The fourth-order valence-electron chi connectivity index (χ4n) is 1.06. The summed E-state index contributed by atoms with van der Waals surface area (Å²) in [6, 6.07) is 6.33. The Bertz CT molecular complexity index is 413. The number of ether oxygens (including phenoxy) is 2. The highest BCUT2D eigenvalue weighted by atomic mass is 16.5. The molecule has 0 saturated heterocycles. The second-order valence-electron chi connectivity index (χ2n) is 3.64. The minimum absolute atomic E-state index is 0.125. The first-order valence-corrected chi connectivity index (χ1v) is 6.58. The Hall–Kier alpha value is -2.18. The fraction of sp³-hybridized carbons (Fsp3) is 0.375. The van der Waals surface area contributed by atoms with E-state index in [0.29, 0.717) is 0 Å². The molecule has 0 radical (unpaired) electrons. The average Bonchev–Trinajstić information content (AvgIpc) is 2.60. The molecule has 0 aliphatic rings. The van der Waals surface area contributed by atoms with Crippen molar-refractivity contribution in [2.75, 3.05) is 27.4 Å². The third-order valence-corrected chi connectivity index (χ3v) is 2.17. The fourth-order valence-corrected chi connectivity index (χ4v) is 1.06. The molecule has 0 fully saturated rings. The van der Waals surface area contributed by atoms with Crippen LogP contribution in [0.15, 0.2) is 36.4 Å². The van der Waals surface area contributed by atoms with Crippen molar-refractivity contribution < 1.29 is 29.3 Å². The molecule has 2 N–H and O–H groups in total. The lowest BCUT2D eigenvalue weighted by Crippen LogP contribution is -2.11. The van der Waals surface area contributed by atoms with Gasteiger partial charge in [-0.15, -0.1) is 0 Å². The summed E-state index contributed by atoms with van der Waals surface area (Å²) < 4.78 is 9.05. The first-order chi connectivity index (χ1) is 10.5. The Kier molecular flexibility index (Phi) is 15.3. The lowest BCUT2D eigenvalue weighted by atomic mass is 10.1. The van der Waals surface area contributed by atoms with E-state index in [1.54, 1.807) is 12.1 Å². The summed E-state index contributed by atoms with van der Waals surface area (Å²) in [4.78, 5) is 22.4. The molecule has 0 unspecified atom stereocenters. The zero-order chi connectivity index (χ0) is 17.4. The Morgan fingerprint density at radius 3 is 1.41 bits per heavy atom. The molecule has 1 rings (SSSR count). The zero-order valence-corrected chi connectivity index (χ0v) is 13.4. The summed E-state index contributed by atoms with van der Waals surface area (Å²) in [5.41, 5.74) is 0.420. The highest BCUT2D eigenvalue weighted by Crippen LogP contribution is 2.10. The maximum atomic E-state index is 11.2. The lowest BCUT2D eigenvalue weighted by Gasteiger charge is -2.04. The summed E-state index contributed by atoms with van der Waals surface area (Å²) in [5.74, 6) is -1.10. The van der Waals surface area contributed by atoms with Crippen molar-refractivity contribution in [1.29, 1.82) is 0 Å². The van der Waals surface area contributed by atoms with Crippen LogP contribution in [0.3, 0.4) is 0 Å². The first kappa shape index (κ1) is 22.1. The van der Waals surface area contributed by atoms with Crippen molar-refractivity contribution >= 4 is 11.9 Å². The standard InChI is InChI=1S/C10H10O4.C4H8.C2H6O2/c1-13-9(11)7-5-3-4-6-8(7)10(12)14-2;1-3-4-2;3-1-2-4/h3-6H,1-2H3;3-4H,1-2H3;3-4H,1-2H2. The van der Waals surface area contributed by atoms with Gasteiger partial charge in [-0.1, -0.05) is 24.3 Å². The molecule has 0 amide bonds. The molecule has 0 atom stereocenters. The Balaban J connectivity index is 0. The van der Waals surface area contributed by atoms with Gasteiger partial charge in [0.15, 0.2) is 0 Å². The van der Waals surface area contributed by atoms with Gasteiger partial charge < -0.3 is 19.7 Å². The second-order valence-corrected chi connectivity index (χ2v) is 3.64. The van der Waals surface area contributed by atoms with Crippen LogP contribution in [0.4, 0.5) is 0 Å². The normalized spacial score (nSPS) is 9.00.